The van der Waals surface area contributed by atoms with Crippen LogP contribution in [0, 0.1) is 5.92 Å². The fourth-order valence-electron chi connectivity index (χ4n) is 4.06. The molecule has 0 spiro atoms. The van der Waals surface area contributed by atoms with Crippen molar-refractivity contribution in [2.24, 2.45) is 10.9 Å². The molecule has 6 nitrogen and oxygen atoms in total. The minimum atomic E-state index is -1.12. The van der Waals surface area contributed by atoms with Gasteiger partial charge in [0.15, 0.2) is 5.96 Å². The summed E-state index contributed by atoms with van der Waals surface area (Å²) in [5.41, 5.74) is 0.795. The van der Waals surface area contributed by atoms with Gasteiger partial charge in [-0.05, 0) is 30.9 Å². The lowest BCUT2D eigenvalue weighted by molar-refractivity contribution is -0.146. The number of nitrogens with zero attached hydrogens (tertiary/aromatic N) is 2. The van der Waals surface area contributed by atoms with Crippen LogP contribution in [0.15, 0.2) is 65.7 Å². The van der Waals surface area contributed by atoms with Crippen LogP contribution in [-0.2, 0) is 21.6 Å². The van der Waals surface area contributed by atoms with Gasteiger partial charge in [-0.1, -0.05) is 60.7 Å². The molecule has 166 valence electrons. The number of carbonyl (C=O) groups is 1. The van der Waals surface area contributed by atoms with E-state index < -0.39 is 5.60 Å². The van der Waals surface area contributed by atoms with E-state index in [4.69, 9.17) is 9.73 Å². The Morgan fingerprint density at radius 1 is 1.13 bits per heavy atom. The molecule has 2 aromatic rings. The molecule has 3 rings (SSSR count). The van der Waals surface area contributed by atoms with Crippen molar-refractivity contribution in [3.05, 3.63) is 71.8 Å². The molecule has 1 atom stereocenters. The molecular weight excluding hydrogens is 390 g/mol. The summed E-state index contributed by atoms with van der Waals surface area (Å²) in [5, 5.41) is 15.0. The topological polar surface area (TPSA) is 74.2 Å². The Balaban J connectivity index is 1.79. The lowest BCUT2D eigenvalue weighted by atomic mass is 9.87. The van der Waals surface area contributed by atoms with Gasteiger partial charge in [0.25, 0.3) is 0 Å². The lowest BCUT2D eigenvalue weighted by Crippen LogP contribution is -2.47. The molecule has 0 aliphatic carbocycles. The molecule has 0 radical (unpaired) electrons. The van der Waals surface area contributed by atoms with Crippen LogP contribution < -0.4 is 5.32 Å². The number of guanidine groups is 1. The number of aliphatic hydroxyl groups is 1. The lowest BCUT2D eigenvalue weighted by Gasteiger charge is -2.34. The Morgan fingerprint density at radius 2 is 1.74 bits per heavy atom. The predicted molar refractivity (Wildman–Crippen MR) is 123 cm³/mol. The smallest absolute Gasteiger partial charge is 0.308 e. The maximum absolute atomic E-state index is 11.8. The zero-order chi connectivity index (χ0) is 22.1. The first-order valence-corrected chi connectivity index (χ1v) is 11.0. The number of piperidine rings is 1. The minimum Gasteiger partial charge on any atom is -0.469 e. The number of aliphatic imine (C=N–C) groups is 1. The van der Waals surface area contributed by atoms with E-state index >= 15 is 0 Å². The Hall–Kier alpha value is -2.86. The molecule has 1 saturated heterocycles. The molecule has 0 bridgehead atoms. The van der Waals surface area contributed by atoms with Gasteiger partial charge in [0.1, 0.15) is 5.60 Å². The van der Waals surface area contributed by atoms with Gasteiger partial charge in [-0.25, -0.2) is 4.99 Å². The summed E-state index contributed by atoms with van der Waals surface area (Å²) in [7, 11) is 1.44. The number of rotatable bonds is 7. The second-order valence-electron chi connectivity index (χ2n) is 8.01. The Kier molecular flexibility index (Phi) is 8.06. The van der Waals surface area contributed by atoms with Crippen LogP contribution in [0.3, 0.4) is 0 Å². The Morgan fingerprint density at radius 3 is 2.32 bits per heavy atom. The molecule has 1 fully saturated rings. The van der Waals surface area contributed by atoms with Crippen LogP contribution in [0.1, 0.15) is 30.9 Å². The average molecular weight is 424 g/mol. The third-order valence-corrected chi connectivity index (χ3v) is 5.80. The molecule has 0 aromatic heterocycles. The van der Waals surface area contributed by atoms with Crippen LogP contribution in [0.5, 0.6) is 0 Å². The molecule has 1 aliphatic heterocycles. The molecule has 2 aromatic carbocycles. The quantitative estimate of drug-likeness (QED) is 0.407. The maximum Gasteiger partial charge on any atom is 0.308 e. The van der Waals surface area contributed by atoms with Crippen molar-refractivity contribution in [2.75, 3.05) is 33.3 Å². The van der Waals surface area contributed by atoms with Crippen molar-refractivity contribution in [2.45, 2.75) is 31.8 Å². The molecule has 6 heteroatoms. The number of hydrogen-bond acceptors (Lipinski definition) is 4. The van der Waals surface area contributed by atoms with Gasteiger partial charge >= 0.3 is 5.97 Å². The highest BCUT2D eigenvalue weighted by Gasteiger charge is 2.31. The number of esters is 1. The van der Waals surface area contributed by atoms with Crippen LogP contribution >= 0.6 is 0 Å². The minimum absolute atomic E-state index is 0.0524. The molecule has 0 amide bonds. The molecule has 31 heavy (non-hydrogen) atoms. The van der Waals surface area contributed by atoms with E-state index in [-0.39, 0.29) is 18.4 Å². The standard InChI is InChI=1S/C25H33N3O3/c1-3-26-24(28-16-14-21(15-17-28)23(29)31-2)27-19-25(30,22-12-8-5-9-13-22)18-20-10-6-4-7-11-20/h4-13,21,30H,3,14-19H2,1-2H3,(H,26,27). The van der Waals surface area contributed by atoms with Crippen molar-refractivity contribution in [1.82, 2.24) is 10.2 Å². The van der Waals surface area contributed by atoms with E-state index in [0.29, 0.717) is 6.42 Å². The van der Waals surface area contributed by atoms with Gasteiger partial charge in [0.2, 0.25) is 0 Å². The number of ether oxygens (including phenoxy) is 1. The van der Waals surface area contributed by atoms with Gasteiger partial charge in [0.05, 0.1) is 19.6 Å². The van der Waals surface area contributed by atoms with Crippen LogP contribution in [0.4, 0.5) is 0 Å². The van der Waals surface area contributed by atoms with E-state index in [1.54, 1.807) is 0 Å². The third kappa shape index (κ3) is 6.07. The zero-order valence-electron chi connectivity index (χ0n) is 18.5. The summed E-state index contributed by atoms with van der Waals surface area (Å²) in [6, 6.07) is 19.7. The summed E-state index contributed by atoms with van der Waals surface area (Å²) in [5.74, 6) is 0.583. The van der Waals surface area contributed by atoms with Gasteiger partial charge < -0.3 is 20.1 Å². The summed E-state index contributed by atoms with van der Waals surface area (Å²) in [6.07, 6.45) is 1.96. The SMILES string of the molecule is CCNC(=NCC(O)(Cc1ccccc1)c1ccccc1)N1CCC(C(=O)OC)CC1. The fourth-order valence-corrected chi connectivity index (χ4v) is 4.06. The van der Waals surface area contributed by atoms with Crippen LogP contribution in [-0.4, -0.2) is 55.2 Å². The monoisotopic (exact) mass is 423 g/mol. The normalized spacial score (nSPS) is 17.1. The van der Waals surface area contributed by atoms with Crippen molar-refractivity contribution < 1.29 is 14.6 Å². The predicted octanol–water partition coefficient (Wildman–Crippen LogP) is 2.97. The van der Waals surface area contributed by atoms with Crippen molar-refractivity contribution in [3.8, 4) is 0 Å². The van der Waals surface area contributed by atoms with Crippen LogP contribution in [0.2, 0.25) is 0 Å². The highest BCUT2D eigenvalue weighted by Crippen LogP contribution is 2.27. The number of benzene rings is 2. The highest BCUT2D eigenvalue weighted by atomic mass is 16.5. The zero-order valence-corrected chi connectivity index (χ0v) is 18.5. The highest BCUT2D eigenvalue weighted by molar-refractivity contribution is 5.80. The summed E-state index contributed by atoms with van der Waals surface area (Å²) in [6.45, 7) is 4.47. The van der Waals surface area contributed by atoms with Crippen LogP contribution in [0.25, 0.3) is 0 Å². The van der Waals surface area contributed by atoms with Gasteiger partial charge in [-0.15, -0.1) is 0 Å². The molecule has 0 saturated carbocycles. The summed E-state index contributed by atoms with van der Waals surface area (Å²) >= 11 is 0. The molecule has 2 N–H and O–H groups in total. The molecule has 1 aliphatic rings. The van der Waals surface area contributed by atoms with Crippen molar-refractivity contribution in [3.63, 3.8) is 0 Å². The summed E-state index contributed by atoms with van der Waals surface area (Å²) < 4.78 is 4.89. The number of carbonyl (C=O) groups excluding carboxylic acids is 1. The first kappa shape index (κ1) is 22.8. The van der Waals surface area contributed by atoms with Gasteiger partial charge in [-0.2, -0.15) is 0 Å². The number of likely N-dealkylation sites (tertiary alicyclic amines) is 1. The average Bonchev–Trinajstić information content (AvgIpc) is 2.82. The summed E-state index contributed by atoms with van der Waals surface area (Å²) in [4.78, 5) is 18.8. The van der Waals surface area contributed by atoms with Gasteiger partial charge in [0, 0.05) is 26.1 Å². The van der Waals surface area contributed by atoms with Gasteiger partial charge in [-0.3, -0.25) is 4.79 Å². The van der Waals surface area contributed by atoms with E-state index in [1.807, 2.05) is 67.6 Å². The Bertz CT molecular complexity index is 849. The first-order valence-electron chi connectivity index (χ1n) is 11.0. The fraction of sp³-hybridized carbons (Fsp3) is 0.440. The number of methoxy groups -OCH3 is 1. The number of nitrogens with one attached hydrogen (secondary N) is 1. The Labute approximate surface area is 185 Å². The largest absolute Gasteiger partial charge is 0.469 e. The molecule has 1 heterocycles. The maximum atomic E-state index is 11.8. The van der Waals surface area contributed by atoms with E-state index in [2.05, 4.69) is 10.2 Å². The second-order valence-corrected chi connectivity index (χ2v) is 8.01. The van der Waals surface area contributed by atoms with E-state index in [9.17, 15) is 9.90 Å². The molecule has 1 unspecified atom stereocenters. The number of hydrogen-bond donors (Lipinski definition) is 2. The van der Waals surface area contributed by atoms with E-state index in [1.165, 1.54) is 7.11 Å². The molecular formula is C25H33N3O3. The van der Waals surface area contributed by atoms with E-state index in [0.717, 1.165) is 49.6 Å². The van der Waals surface area contributed by atoms with Crippen molar-refractivity contribution >= 4 is 11.9 Å². The van der Waals surface area contributed by atoms with Crippen molar-refractivity contribution in [1.29, 1.82) is 0 Å². The second kappa shape index (κ2) is 11.0. The third-order valence-electron chi connectivity index (χ3n) is 5.80. The first-order chi connectivity index (χ1) is 15.1.